The molecule has 0 saturated heterocycles. The Hall–Kier alpha value is -5.27. The SMILES string of the molecule is CC(C)c1cccc(C(C)C)c1O.CC(C)c1cccc(C(C)C)c1O.Cc1ccc(C#Cc2ccc(C)cc2)cc1.Cc1ccc(C#Cc2ccc(C)cc2)cc1.[W]. The minimum atomic E-state index is 0. The summed E-state index contributed by atoms with van der Waals surface area (Å²) in [6, 6.07) is 45.1. The summed E-state index contributed by atoms with van der Waals surface area (Å²) in [5, 5.41) is 19.9. The molecule has 0 fully saturated rings. The molecule has 2 N–H and O–H groups in total. The molecular formula is C56H64O2W. The molecule has 0 saturated carbocycles. The number of hydrogen-bond acceptors (Lipinski definition) is 2. The molecule has 3 heteroatoms. The van der Waals surface area contributed by atoms with Crippen molar-refractivity contribution in [2.75, 3.05) is 0 Å². The Balaban J connectivity index is 0.000000271. The van der Waals surface area contributed by atoms with Gasteiger partial charge in [0.05, 0.1) is 0 Å². The van der Waals surface area contributed by atoms with Gasteiger partial charge in [0.25, 0.3) is 0 Å². The van der Waals surface area contributed by atoms with Crippen LogP contribution in [-0.2, 0) is 21.1 Å². The van der Waals surface area contributed by atoms with Crippen LogP contribution in [-0.4, -0.2) is 10.2 Å². The van der Waals surface area contributed by atoms with Crippen LogP contribution in [0.2, 0.25) is 0 Å². The molecule has 0 amide bonds. The van der Waals surface area contributed by atoms with Gasteiger partial charge in [-0.25, -0.2) is 0 Å². The summed E-state index contributed by atoms with van der Waals surface area (Å²) < 4.78 is 0. The molecule has 0 heterocycles. The van der Waals surface area contributed by atoms with Gasteiger partial charge in [0, 0.05) is 43.3 Å². The van der Waals surface area contributed by atoms with Crippen LogP contribution in [0.4, 0.5) is 0 Å². The fraction of sp³-hybridized carbons (Fsp3) is 0.286. The van der Waals surface area contributed by atoms with Gasteiger partial charge in [0.2, 0.25) is 0 Å². The molecule has 0 spiro atoms. The topological polar surface area (TPSA) is 40.5 Å². The molecule has 0 bridgehead atoms. The standard InChI is InChI=1S/2C16H14.2C12H18O.W/c2*1-13-3-7-15(8-4-13)11-12-16-9-5-14(2)6-10-16;2*1-8(2)10-6-5-7-11(9(3)4)12(10)13;/h2*3-10H,1-2H3;2*5-9,13H,1-4H3;. The minimum Gasteiger partial charge on any atom is -0.507 e. The third kappa shape index (κ3) is 17.2. The molecule has 0 aliphatic carbocycles. The number of aromatic hydroxyl groups is 2. The minimum absolute atomic E-state index is 0. The molecule has 0 aromatic heterocycles. The van der Waals surface area contributed by atoms with Gasteiger partial charge in [0.1, 0.15) is 11.5 Å². The molecule has 59 heavy (non-hydrogen) atoms. The van der Waals surface area contributed by atoms with Crippen molar-refractivity contribution in [3.8, 4) is 35.2 Å². The third-order valence-electron chi connectivity index (χ3n) is 9.59. The zero-order chi connectivity index (χ0) is 42.8. The molecule has 2 nitrogen and oxygen atoms in total. The van der Waals surface area contributed by atoms with Gasteiger partial charge in [0.15, 0.2) is 0 Å². The Morgan fingerprint density at radius 2 is 0.475 bits per heavy atom. The van der Waals surface area contributed by atoms with Crippen LogP contribution >= 0.6 is 0 Å². The first-order valence-corrected chi connectivity index (χ1v) is 20.5. The number of phenolic OH excluding ortho intramolecular Hbond substituents is 2. The smallest absolute Gasteiger partial charge is 0.122 e. The molecule has 6 rings (SSSR count). The van der Waals surface area contributed by atoms with E-state index in [0.29, 0.717) is 35.2 Å². The van der Waals surface area contributed by atoms with Gasteiger partial charge >= 0.3 is 0 Å². The second-order valence-electron chi connectivity index (χ2n) is 16.2. The van der Waals surface area contributed by atoms with Crippen LogP contribution in [0, 0.1) is 51.4 Å². The molecular weight excluding hydrogens is 888 g/mol. The maximum absolute atomic E-state index is 9.93. The van der Waals surface area contributed by atoms with Crippen LogP contribution in [0.3, 0.4) is 0 Å². The molecule has 0 aliphatic rings. The van der Waals surface area contributed by atoms with Crippen LogP contribution in [0.5, 0.6) is 11.5 Å². The van der Waals surface area contributed by atoms with E-state index in [0.717, 1.165) is 44.5 Å². The third-order valence-corrected chi connectivity index (χ3v) is 9.59. The number of benzene rings is 6. The summed E-state index contributed by atoms with van der Waals surface area (Å²) in [5.41, 5.74) is 13.5. The zero-order valence-corrected chi connectivity index (χ0v) is 40.2. The molecule has 0 radical (unpaired) electrons. The van der Waals surface area contributed by atoms with Gasteiger partial charge in [-0.05, 0) is 122 Å². The first-order chi connectivity index (χ1) is 27.5. The summed E-state index contributed by atoms with van der Waals surface area (Å²) >= 11 is 0. The summed E-state index contributed by atoms with van der Waals surface area (Å²) in [7, 11) is 0. The molecule has 6 aromatic rings. The Morgan fingerprint density at radius 1 is 0.305 bits per heavy atom. The van der Waals surface area contributed by atoms with Crippen molar-refractivity contribution in [1.29, 1.82) is 0 Å². The second-order valence-corrected chi connectivity index (χ2v) is 16.2. The monoisotopic (exact) mass is 952 g/mol. The van der Waals surface area contributed by atoms with Gasteiger partial charge in [-0.15, -0.1) is 0 Å². The van der Waals surface area contributed by atoms with Crippen LogP contribution in [0.15, 0.2) is 133 Å². The quantitative estimate of drug-likeness (QED) is 0.173. The summed E-state index contributed by atoms with van der Waals surface area (Å²) in [6.07, 6.45) is 0. The number of rotatable bonds is 4. The molecule has 306 valence electrons. The van der Waals surface area contributed by atoms with Crippen LogP contribution < -0.4 is 0 Å². The predicted octanol–water partition coefficient (Wildman–Crippen LogP) is 14.7. The van der Waals surface area contributed by atoms with Crippen molar-refractivity contribution in [3.05, 3.63) is 200 Å². The predicted molar refractivity (Wildman–Crippen MR) is 249 cm³/mol. The van der Waals surface area contributed by atoms with E-state index in [1.54, 1.807) is 0 Å². The number of phenols is 2. The van der Waals surface area contributed by atoms with Crippen molar-refractivity contribution in [3.63, 3.8) is 0 Å². The first kappa shape index (κ1) is 49.9. The van der Waals surface area contributed by atoms with Crippen molar-refractivity contribution in [1.82, 2.24) is 0 Å². The van der Waals surface area contributed by atoms with Crippen molar-refractivity contribution < 1.29 is 31.3 Å². The summed E-state index contributed by atoms with van der Waals surface area (Å²) in [4.78, 5) is 0. The van der Waals surface area contributed by atoms with Gasteiger partial charge in [-0.1, -0.05) is 186 Å². The van der Waals surface area contributed by atoms with E-state index in [4.69, 9.17) is 0 Å². The zero-order valence-electron chi connectivity index (χ0n) is 37.3. The van der Waals surface area contributed by atoms with Crippen molar-refractivity contribution in [2.45, 2.75) is 107 Å². The number of hydrogen-bond donors (Lipinski definition) is 2. The molecule has 0 atom stereocenters. The van der Waals surface area contributed by atoms with Gasteiger partial charge < -0.3 is 10.2 Å². The van der Waals surface area contributed by atoms with Crippen molar-refractivity contribution >= 4 is 0 Å². The van der Waals surface area contributed by atoms with E-state index in [-0.39, 0.29) is 21.1 Å². The van der Waals surface area contributed by atoms with Crippen LogP contribution in [0.25, 0.3) is 0 Å². The largest absolute Gasteiger partial charge is 0.507 e. The molecule has 0 unspecified atom stereocenters. The Kier molecular flexibility index (Phi) is 21.4. The molecule has 0 aliphatic heterocycles. The molecule has 6 aromatic carbocycles. The first-order valence-electron chi connectivity index (χ1n) is 20.5. The average molecular weight is 953 g/mol. The van der Waals surface area contributed by atoms with E-state index in [1.807, 2.05) is 36.4 Å². The van der Waals surface area contributed by atoms with Crippen molar-refractivity contribution in [2.24, 2.45) is 0 Å². The maximum atomic E-state index is 9.93. The van der Waals surface area contributed by atoms with Crippen LogP contribution in [0.1, 0.15) is 146 Å². The average Bonchev–Trinajstić information content (AvgIpc) is 3.19. The van der Waals surface area contributed by atoms with E-state index in [2.05, 4.69) is 204 Å². The van der Waals surface area contributed by atoms with Gasteiger partial charge in [-0.2, -0.15) is 0 Å². The summed E-state index contributed by atoms with van der Waals surface area (Å²) in [6.45, 7) is 25.1. The van der Waals surface area contributed by atoms with Gasteiger partial charge in [-0.3, -0.25) is 0 Å². The maximum Gasteiger partial charge on any atom is 0.122 e. The van der Waals surface area contributed by atoms with E-state index in [9.17, 15) is 10.2 Å². The number of aryl methyl sites for hydroxylation is 4. The fourth-order valence-electron chi connectivity index (χ4n) is 5.86. The Bertz CT molecular complexity index is 1950. The van der Waals surface area contributed by atoms with E-state index >= 15 is 0 Å². The fourth-order valence-corrected chi connectivity index (χ4v) is 5.86. The second kappa shape index (κ2) is 25.3. The Morgan fingerprint density at radius 3 is 0.627 bits per heavy atom. The summed E-state index contributed by atoms with van der Waals surface area (Å²) in [5.74, 6) is 15.1. The normalized spacial score (nSPS) is 10.0. The van der Waals surface area contributed by atoms with E-state index in [1.165, 1.54) is 22.3 Å². The van der Waals surface area contributed by atoms with E-state index < -0.39 is 0 Å². The Labute approximate surface area is 371 Å². The number of para-hydroxylation sites is 2.